The Hall–Kier alpha value is -2.45. The maximum Gasteiger partial charge on any atom is 0.320 e. The minimum atomic E-state index is -2.66. The second-order valence-electron chi connectivity index (χ2n) is 5.83. The van der Waals surface area contributed by atoms with E-state index in [1.165, 1.54) is 11.8 Å². The summed E-state index contributed by atoms with van der Waals surface area (Å²) in [5.41, 5.74) is 1.84. The first-order valence-electron chi connectivity index (χ1n) is 8.06. The molecule has 0 unspecified atom stereocenters. The van der Waals surface area contributed by atoms with Crippen LogP contribution in [0.15, 0.2) is 53.7 Å². The lowest BCUT2D eigenvalue weighted by Crippen LogP contribution is -2.04. The molecule has 0 N–H and O–H groups in total. The van der Waals surface area contributed by atoms with Crippen LogP contribution in [0.4, 0.5) is 8.78 Å². The smallest absolute Gasteiger partial charge is 0.305 e. The first-order valence-corrected chi connectivity index (χ1v) is 9.43. The van der Waals surface area contributed by atoms with E-state index in [9.17, 15) is 8.78 Å². The summed E-state index contributed by atoms with van der Waals surface area (Å²) in [4.78, 5) is 4.34. The number of aromatic nitrogens is 5. The Kier molecular flexibility index (Phi) is 4.84. The van der Waals surface area contributed by atoms with Gasteiger partial charge in [-0.25, -0.2) is 4.98 Å². The summed E-state index contributed by atoms with van der Waals surface area (Å²) in [7, 11) is 1.84. The van der Waals surface area contributed by atoms with Gasteiger partial charge in [0.2, 0.25) is 0 Å². The summed E-state index contributed by atoms with van der Waals surface area (Å²) in [6.45, 7) is -2.66. The molecule has 0 fully saturated rings. The number of para-hydroxylation sites is 2. The van der Waals surface area contributed by atoms with Crippen LogP contribution < -0.4 is 0 Å². The molecule has 0 bridgehead atoms. The van der Waals surface area contributed by atoms with Crippen molar-refractivity contribution in [2.24, 2.45) is 7.05 Å². The zero-order chi connectivity index (χ0) is 19.0. The number of thioether (sulfide) groups is 1. The van der Waals surface area contributed by atoms with Gasteiger partial charge < -0.3 is 4.57 Å². The SMILES string of the molecule is Cn1c(SCc2nc3ccccc3n2C(F)F)nnc1-c1ccc(Cl)cc1. The Morgan fingerprint density at radius 1 is 1.07 bits per heavy atom. The number of rotatable bonds is 5. The number of halogens is 3. The van der Waals surface area contributed by atoms with Crippen molar-refractivity contribution in [1.29, 1.82) is 0 Å². The van der Waals surface area contributed by atoms with Crippen molar-refractivity contribution in [3.05, 3.63) is 59.4 Å². The normalized spacial score (nSPS) is 11.6. The van der Waals surface area contributed by atoms with Gasteiger partial charge in [0.15, 0.2) is 11.0 Å². The van der Waals surface area contributed by atoms with E-state index >= 15 is 0 Å². The molecule has 0 amide bonds. The number of fused-ring (bicyclic) bond motifs is 1. The highest BCUT2D eigenvalue weighted by Crippen LogP contribution is 2.29. The summed E-state index contributed by atoms with van der Waals surface area (Å²) in [5.74, 6) is 1.23. The second kappa shape index (κ2) is 7.28. The van der Waals surface area contributed by atoms with E-state index in [0.29, 0.717) is 32.9 Å². The Bertz CT molecular complexity index is 1090. The van der Waals surface area contributed by atoms with Gasteiger partial charge in [-0.15, -0.1) is 10.2 Å². The average molecular weight is 406 g/mol. The number of alkyl halides is 2. The Morgan fingerprint density at radius 3 is 2.56 bits per heavy atom. The van der Waals surface area contributed by atoms with Crippen molar-refractivity contribution in [2.75, 3.05) is 0 Å². The third-order valence-corrected chi connectivity index (χ3v) is 5.40. The molecule has 138 valence electrons. The van der Waals surface area contributed by atoms with Crippen LogP contribution in [-0.4, -0.2) is 24.3 Å². The van der Waals surface area contributed by atoms with Crippen molar-refractivity contribution in [2.45, 2.75) is 17.5 Å². The van der Waals surface area contributed by atoms with Crippen molar-refractivity contribution in [3.63, 3.8) is 0 Å². The maximum absolute atomic E-state index is 13.5. The monoisotopic (exact) mass is 405 g/mol. The molecule has 0 saturated carbocycles. The number of benzene rings is 2. The average Bonchev–Trinajstić information content (AvgIpc) is 3.21. The van der Waals surface area contributed by atoms with Gasteiger partial charge in [0.05, 0.1) is 16.8 Å². The third kappa shape index (κ3) is 3.42. The van der Waals surface area contributed by atoms with E-state index in [1.54, 1.807) is 36.4 Å². The van der Waals surface area contributed by atoms with Gasteiger partial charge >= 0.3 is 6.55 Å². The molecule has 9 heteroatoms. The molecule has 5 nitrogen and oxygen atoms in total. The van der Waals surface area contributed by atoms with E-state index in [-0.39, 0.29) is 5.75 Å². The van der Waals surface area contributed by atoms with Gasteiger partial charge in [0.1, 0.15) is 5.82 Å². The van der Waals surface area contributed by atoms with E-state index < -0.39 is 6.55 Å². The van der Waals surface area contributed by atoms with Crippen LogP contribution in [0, 0.1) is 0 Å². The number of hydrogen-bond donors (Lipinski definition) is 0. The van der Waals surface area contributed by atoms with Crippen LogP contribution in [-0.2, 0) is 12.8 Å². The van der Waals surface area contributed by atoms with E-state index in [1.807, 2.05) is 23.7 Å². The van der Waals surface area contributed by atoms with Gasteiger partial charge in [-0.3, -0.25) is 4.57 Å². The Balaban J connectivity index is 1.60. The summed E-state index contributed by atoms with van der Waals surface area (Å²) in [5, 5.41) is 9.64. The van der Waals surface area contributed by atoms with Crippen LogP contribution in [0.1, 0.15) is 12.4 Å². The van der Waals surface area contributed by atoms with E-state index in [2.05, 4.69) is 15.2 Å². The van der Waals surface area contributed by atoms with Crippen molar-refractivity contribution in [1.82, 2.24) is 24.3 Å². The number of imidazole rings is 1. The first kappa shape index (κ1) is 17.9. The van der Waals surface area contributed by atoms with Gasteiger partial charge in [0.25, 0.3) is 0 Å². The summed E-state index contributed by atoms with van der Waals surface area (Å²) >= 11 is 7.23. The first-order chi connectivity index (χ1) is 13.0. The molecule has 0 radical (unpaired) electrons. The molecule has 4 aromatic rings. The molecule has 2 aromatic carbocycles. The van der Waals surface area contributed by atoms with Crippen LogP contribution >= 0.6 is 23.4 Å². The lowest BCUT2D eigenvalue weighted by atomic mass is 10.2. The van der Waals surface area contributed by atoms with Crippen molar-refractivity contribution in [3.8, 4) is 11.4 Å². The molecule has 0 aliphatic carbocycles. The highest BCUT2D eigenvalue weighted by molar-refractivity contribution is 7.98. The summed E-state index contributed by atoms with van der Waals surface area (Å²) in [6, 6.07) is 14.2. The standard InChI is InChI=1S/C18H14ClF2N5S/c1-25-16(11-6-8-12(19)9-7-11)23-24-18(25)27-10-15-22-13-4-2-3-5-14(13)26(15)17(20)21/h2-9,17H,10H2,1H3. The predicted octanol–water partition coefficient (Wildman–Crippen LogP) is 5.17. The molecule has 4 rings (SSSR count). The highest BCUT2D eigenvalue weighted by Gasteiger charge is 2.19. The van der Waals surface area contributed by atoms with Crippen LogP contribution in [0.3, 0.4) is 0 Å². The number of nitrogens with zero attached hydrogens (tertiary/aromatic N) is 5. The topological polar surface area (TPSA) is 48.5 Å². The van der Waals surface area contributed by atoms with E-state index in [4.69, 9.17) is 11.6 Å². The quantitative estimate of drug-likeness (QED) is 0.430. The molecule has 0 saturated heterocycles. The molecule has 2 heterocycles. The van der Waals surface area contributed by atoms with Gasteiger partial charge in [-0.05, 0) is 36.4 Å². The lowest BCUT2D eigenvalue weighted by Gasteiger charge is -2.07. The minimum Gasteiger partial charge on any atom is -0.305 e. The van der Waals surface area contributed by atoms with E-state index in [0.717, 1.165) is 10.1 Å². The molecular weight excluding hydrogens is 392 g/mol. The van der Waals surface area contributed by atoms with Crippen LogP contribution in [0.5, 0.6) is 0 Å². The zero-order valence-corrected chi connectivity index (χ0v) is 15.8. The maximum atomic E-state index is 13.5. The third-order valence-electron chi connectivity index (χ3n) is 4.13. The Morgan fingerprint density at radius 2 is 1.81 bits per heavy atom. The van der Waals surface area contributed by atoms with Crippen LogP contribution in [0.2, 0.25) is 5.02 Å². The summed E-state index contributed by atoms with van der Waals surface area (Å²) in [6.07, 6.45) is 0. The molecular formula is C18H14ClF2N5S. The molecule has 27 heavy (non-hydrogen) atoms. The van der Waals surface area contributed by atoms with Crippen molar-refractivity contribution < 1.29 is 8.78 Å². The highest BCUT2D eigenvalue weighted by atomic mass is 35.5. The fourth-order valence-corrected chi connectivity index (χ4v) is 3.80. The van der Waals surface area contributed by atoms with Gasteiger partial charge in [-0.2, -0.15) is 8.78 Å². The molecule has 2 aromatic heterocycles. The predicted molar refractivity (Wildman–Crippen MR) is 102 cm³/mol. The fourth-order valence-electron chi connectivity index (χ4n) is 2.83. The summed E-state index contributed by atoms with van der Waals surface area (Å²) < 4.78 is 29.8. The Labute approximate surface area is 163 Å². The van der Waals surface area contributed by atoms with Crippen LogP contribution in [0.25, 0.3) is 22.4 Å². The van der Waals surface area contributed by atoms with Gasteiger partial charge in [-0.1, -0.05) is 35.5 Å². The fraction of sp³-hybridized carbons (Fsp3) is 0.167. The zero-order valence-electron chi connectivity index (χ0n) is 14.2. The van der Waals surface area contributed by atoms with Crippen molar-refractivity contribution >= 4 is 34.4 Å². The number of hydrogen-bond acceptors (Lipinski definition) is 4. The molecule has 0 aliphatic rings. The molecule has 0 aliphatic heterocycles. The minimum absolute atomic E-state index is 0.256. The molecule has 0 spiro atoms. The largest absolute Gasteiger partial charge is 0.320 e. The molecule has 0 atom stereocenters. The lowest BCUT2D eigenvalue weighted by molar-refractivity contribution is 0.0722. The van der Waals surface area contributed by atoms with Gasteiger partial charge in [0, 0.05) is 17.6 Å². The second-order valence-corrected chi connectivity index (χ2v) is 7.20.